The minimum absolute atomic E-state index is 0.0401. The van der Waals surface area contributed by atoms with Crippen molar-refractivity contribution in [2.45, 2.75) is 185 Å². The molecule has 2 heterocycles. The van der Waals surface area contributed by atoms with Crippen LogP contribution in [0.15, 0.2) is 105 Å². The first-order valence-corrected chi connectivity index (χ1v) is 23.8. The number of hydrogen-bond donors (Lipinski definition) is 0. The maximum Gasteiger partial charge on any atom is 0.297 e. The van der Waals surface area contributed by atoms with Crippen molar-refractivity contribution in [3.8, 4) is 0 Å². The molecule has 0 spiro atoms. The quantitative estimate of drug-likeness (QED) is 0.285. The van der Waals surface area contributed by atoms with Crippen molar-refractivity contribution in [2.75, 3.05) is 0 Å². The van der Waals surface area contributed by atoms with Crippen molar-refractivity contribution in [1.82, 2.24) is 9.13 Å². The van der Waals surface area contributed by atoms with Gasteiger partial charge in [0.2, 0.25) is 0 Å². The molecule has 0 bridgehead atoms. The van der Waals surface area contributed by atoms with E-state index < -0.39 is 16.5 Å². The molecule has 2 aromatic carbocycles. The fraction of sp³-hybridized carbons (Fsp3) is 0.560. The lowest BCUT2D eigenvalue weighted by Crippen LogP contribution is -2.87. The molecule has 316 valence electrons. The van der Waals surface area contributed by atoms with Gasteiger partial charge in [0.25, 0.3) is 28.2 Å². The van der Waals surface area contributed by atoms with Gasteiger partial charge in [-0.25, -0.2) is 0 Å². The van der Waals surface area contributed by atoms with Crippen LogP contribution in [0.5, 0.6) is 0 Å². The average Bonchev–Trinajstić information content (AvgIpc) is 3.34. The normalized spacial score (nSPS) is 25.2. The molecule has 4 aliphatic rings. The van der Waals surface area contributed by atoms with Crippen molar-refractivity contribution in [3.05, 3.63) is 116 Å². The van der Waals surface area contributed by atoms with E-state index in [2.05, 4.69) is 231 Å². The highest BCUT2D eigenvalue weighted by atomic mass is 28.3. The predicted molar refractivity (Wildman–Crippen MR) is 266 cm³/mol. The Labute approximate surface area is 360 Å². The summed E-state index contributed by atoms with van der Waals surface area (Å²) in [7, 11) is -3.74. The Morgan fingerprint density at radius 1 is 0.431 bits per heavy atom. The fourth-order valence-corrected chi connectivity index (χ4v) is 18.0. The Morgan fingerprint density at radius 3 is 0.845 bits per heavy atom. The number of hydrogen-bond acceptors (Lipinski definition) is 2. The average molecular weight is 817 g/mol. The zero-order valence-corrected chi connectivity index (χ0v) is 41.6. The lowest BCUT2D eigenvalue weighted by atomic mass is 9.97. The molecular weight excluding hydrogens is 734 g/mol. The third-order valence-electron chi connectivity index (χ3n) is 13.7. The van der Waals surface area contributed by atoms with E-state index in [-0.39, 0.29) is 47.1 Å². The van der Waals surface area contributed by atoms with Gasteiger partial charge in [-0.2, -0.15) is 0 Å². The number of amidine groups is 2. The highest BCUT2D eigenvalue weighted by Gasteiger charge is 2.73. The van der Waals surface area contributed by atoms with Gasteiger partial charge in [-0.05, 0) is 199 Å². The second-order valence-electron chi connectivity index (χ2n) is 21.3. The smallest absolute Gasteiger partial charge is 0.297 e. The third-order valence-corrected chi connectivity index (χ3v) is 22.2. The minimum atomic E-state index is -1.91. The van der Waals surface area contributed by atoms with E-state index >= 15 is 0 Å². The van der Waals surface area contributed by atoms with Crippen LogP contribution >= 0.6 is 0 Å². The third kappa shape index (κ3) is 6.26. The first-order chi connectivity index (χ1) is 26.2. The zero-order valence-electron chi connectivity index (χ0n) is 39.6. The largest absolute Gasteiger partial charge is 0.297 e. The minimum Gasteiger partial charge on any atom is -0.297 e. The van der Waals surface area contributed by atoms with Gasteiger partial charge in [-0.1, -0.05) is 58.7 Å². The highest BCUT2D eigenvalue weighted by molar-refractivity contribution is 7.16. The van der Waals surface area contributed by atoms with Crippen LogP contribution in [0, 0.1) is 0 Å². The van der Waals surface area contributed by atoms with Crippen LogP contribution in [0.25, 0.3) is 0 Å². The summed E-state index contributed by atoms with van der Waals surface area (Å²) in [4.78, 5) is 0. The number of benzene rings is 2. The van der Waals surface area contributed by atoms with E-state index in [1.54, 1.807) is 22.3 Å². The van der Waals surface area contributed by atoms with E-state index in [0.29, 0.717) is 0 Å². The SMILES string of the molecule is [BH3-][Si@]1(C2(C)C(C)=C(C)C(C)=C2C)N(C(C)(C)C)C(c2ccccc2)=[N+]1C(C)(C)C.[BH3-][Si@]1(C2(C)C(C)=C(C)C(C)=C2C)N(C(C)(C)C)C(c2ccccc2)=[N+]1C(C)(C)C. The molecule has 2 aromatic rings. The van der Waals surface area contributed by atoms with E-state index in [4.69, 9.17) is 0 Å². The summed E-state index contributed by atoms with van der Waals surface area (Å²) in [5.41, 5.74) is 15.9. The molecule has 6 rings (SSSR count). The molecule has 0 saturated carbocycles. The Hall–Kier alpha value is -3.10. The molecule has 0 amide bonds. The van der Waals surface area contributed by atoms with Crippen LogP contribution in [0.1, 0.15) is 163 Å². The van der Waals surface area contributed by atoms with Gasteiger partial charge in [0.1, 0.15) is 0 Å². The highest BCUT2D eigenvalue weighted by Crippen LogP contribution is 2.63. The molecule has 2 atom stereocenters. The molecule has 0 fully saturated rings. The maximum absolute atomic E-state index is 2.94. The molecule has 4 nitrogen and oxygen atoms in total. The molecule has 0 aromatic heterocycles. The van der Waals surface area contributed by atoms with Crippen LogP contribution < -0.4 is 0 Å². The van der Waals surface area contributed by atoms with Gasteiger partial charge in [-0.15, -0.1) is 0 Å². The summed E-state index contributed by atoms with van der Waals surface area (Å²) in [5, 5.41) is 0.389. The van der Waals surface area contributed by atoms with E-state index in [9.17, 15) is 0 Å². The topological polar surface area (TPSA) is 12.5 Å². The molecular formula is C50H82B2N4Si2. The summed E-state index contributed by atoms with van der Waals surface area (Å²) in [6.07, 6.45) is 0. The molecule has 2 aliphatic carbocycles. The van der Waals surface area contributed by atoms with Crippen molar-refractivity contribution < 1.29 is 8.48 Å². The van der Waals surface area contributed by atoms with Crippen LogP contribution in [0.3, 0.4) is 0 Å². The predicted octanol–water partition coefficient (Wildman–Crippen LogP) is 10.2. The molecule has 0 saturated heterocycles. The summed E-state index contributed by atoms with van der Waals surface area (Å²) in [6, 6.07) is 22.2. The lowest BCUT2D eigenvalue weighted by Gasteiger charge is -2.64. The van der Waals surface area contributed by atoms with E-state index in [1.165, 1.54) is 45.1 Å². The van der Waals surface area contributed by atoms with Gasteiger partial charge in [-0.3, -0.25) is 17.6 Å². The van der Waals surface area contributed by atoms with Crippen molar-refractivity contribution >= 4 is 43.1 Å². The van der Waals surface area contributed by atoms with E-state index in [1.807, 2.05) is 0 Å². The van der Waals surface area contributed by atoms with Gasteiger partial charge < -0.3 is 0 Å². The lowest BCUT2D eigenvalue weighted by molar-refractivity contribution is -0.516. The Bertz CT molecular complexity index is 1990. The van der Waals surface area contributed by atoms with Gasteiger partial charge in [0.15, 0.2) is 0 Å². The first-order valence-electron chi connectivity index (χ1n) is 21.0. The zero-order chi connectivity index (χ0) is 44.3. The molecule has 2 aliphatic heterocycles. The van der Waals surface area contributed by atoms with Crippen molar-refractivity contribution in [3.63, 3.8) is 0 Å². The standard InChI is InChI=1S/2C25H41BN2Si/c2*1-17-18(2)20(4)25(11,19(17)3)29(26)27(23(5,6)7)22(28(29)24(8,9)10)21-15-13-12-14-16-21/h2*12-16H,1-11,26H3. The van der Waals surface area contributed by atoms with Crippen LogP contribution in [-0.2, 0) is 0 Å². The Kier molecular flexibility index (Phi) is 11.3. The number of nitrogens with zero attached hydrogens (tertiary/aromatic N) is 4. The van der Waals surface area contributed by atoms with Gasteiger partial charge in [0.05, 0.1) is 58.2 Å². The molecule has 8 heteroatoms. The summed E-state index contributed by atoms with van der Waals surface area (Å²) >= 11 is 0. The molecule has 58 heavy (non-hydrogen) atoms. The summed E-state index contributed by atoms with van der Waals surface area (Å²) in [5.74, 6) is 2.94. The number of rotatable bonds is 4. The second kappa shape index (κ2) is 14.2. The van der Waals surface area contributed by atoms with Crippen molar-refractivity contribution in [1.29, 1.82) is 0 Å². The Morgan fingerprint density at radius 2 is 0.655 bits per heavy atom. The summed E-state index contributed by atoms with van der Waals surface area (Å²) < 4.78 is 11.8. The fourth-order valence-electron chi connectivity index (χ4n) is 9.70. The second-order valence-corrected chi connectivity index (χ2v) is 26.4. The molecule has 0 radical (unpaired) electrons. The van der Waals surface area contributed by atoms with Crippen LogP contribution in [0.4, 0.5) is 0 Å². The van der Waals surface area contributed by atoms with E-state index in [0.717, 1.165) is 0 Å². The Balaban J connectivity index is 0.000000221. The van der Waals surface area contributed by atoms with Crippen LogP contribution in [0.2, 0.25) is 10.1 Å². The van der Waals surface area contributed by atoms with Gasteiger partial charge in [0, 0.05) is 0 Å². The van der Waals surface area contributed by atoms with Crippen molar-refractivity contribution in [2.24, 2.45) is 0 Å². The molecule has 0 unspecified atom stereocenters. The van der Waals surface area contributed by atoms with Crippen LogP contribution in [-0.4, -0.2) is 82.9 Å². The van der Waals surface area contributed by atoms with Gasteiger partial charge >= 0.3 is 0 Å². The molecule has 0 N–H and O–H groups in total. The monoisotopic (exact) mass is 817 g/mol. The summed E-state index contributed by atoms with van der Waals surface area (Å²) in [6.45, 7) is 53.4. The number of allylic oxidation sites excluding steroid dienone is 8. The first kappa shape index (κ1) is 46.0. The maximum atomic E-state index is 2.94.